The average molecular weight is 288 g/mol. The summed E-state index contributed by atoms with van der Waals surface area (Å²) in [5.74, 6) is 0.460. The van der Waals surface area contributed by atoms with Crippen molar-refractivity contribution in [1.29, 1.82) is 0 Å². The standard InChI is InChI=1S/C17H24N2O2/c1-18-11-16-12-19(8-9-21-16)17(20)15-7-6-13-4-2-3-5-14(13)10-15/h2-5,15-16,18H,6-12H2,1H3. The zero-order chi connectivity index (χ0) is 14.7. The Kier molecular flexibility index (Phi) is 4.56. The molecule has 1 aromatic carbocycles. The molecule has 1 aromatic rings. The molecule has 1 saturated heterocycles. The summed E-state index contributed by atoms with van der Waals surface area (Å²) >= 11 is 0. The molecule has 2 unspecified atom stereocenters. The first-order chi connectivity index (χ1) is 10.3. The maximum atomic E-state index is 12.8. The highest BCUT2D eigenvalue weighted by molar-refractivity contribution is 5.79. The van der Waals surface area contributed by atoms with E-state index in [0.29, 0.717) is 12.5 Å². The van der Waals surface area contributed by atoms with E-state index in [1.54, 1.807) is 0 Å². The van der Waals surface area contributed by atoms with Crippen molar-refractivity contribution in [1.82, 2.24) is 10.2 Å². The zero-order valence-electron chi connectivity index (χ0n) is 12.7. The van der Waals surface area contributed by atoms with Gasteiger partial charge >= 0.3 is 0 Å². The fourth-order valence-corrected chi connectivity index (χ4v) is 3.44. The summed E-state index contributed by atoms with van der Waals surface area (Å²) in [7, 11) is 1.92. The van der Waals surface area contributed by atoms with Crippen molar-refractivity contribution in [3.63, 3.8) is 0 Å². The summed E-state index contributed by atoms with van der Waals surface area (Å²) in [6.07, 6.45) is 3.02. The van der Waals surface area contributed by atoms with Crippen LogP contribution >= 0.6 is 0 Å². The van der Waals surface area contributed by atoms with Crippen molar-refractivity contribution in [3.05, 3.63) is 35.4 Å². The SMILES string of the molecule is CNCC1CN(C(=O)C2CCc3ccccc3C2)CCO1. The first-order valence-corrected chi connectivity index (χ1v) is 7.89. The Balaban J connectivity index is 1.63. The molecule has 2 atom stereocenters. The number of carbonyl (C=O) groups excluding carboxylic acids is 1. The monoisotopic (exact) mass is 288 g/mol. The molecule has 0 spiro atoms. The molecular weight excluding hydrogens is 264 g/mol. The maximum Gasteiger partial charge on any atom is 0.226 e. The van der Waals surface area contributed by atoms with E-state index in [9.17, 15) is 4.79 Å². The maximum absolute atomic E-state index is 12.8. The lowest BCUT2D eigenvalue weighted by atomic mass is 9.83. The van der Waals surface area contributed by atoms with Gasteiger partial charge in [-0.3, -0.25) is 4.79 Å². The smallest absolute Gasteiger partial charge is 0.226 e. The second kappa shape index (κ2) is 6.58. The third kappa shape index (κ3) is 3.27. The Morgan fingerprint density at radius 1 is 1.38 bits per heavy atom. The van der Waals surface area contributed by atoms with Gasteiger partial charge in [-0.05, 0) is 37.4 Å². The van der Waals surface area contributed by atoms with Gasteiger partial charge in [0.2, 0.25) is 5.91 Å². The third-order valence-electron chi connectivity index (χ3n) is 4.58. The molecular formula is C17H24N2O2. The number of hydrogen-bond acceptors (Lipinski definition) is 3. The first-order valence-electron chi connectivity index (χ1n) is 7.89. The Morgan fingerprint density at radius 3 is 3.00 bits per heavy atom. The highest BCUT2D eigenvalue weighted by Crippen LogP contribution is 2.27. The van der Waals surface area contributed by atoms with Gasteiger partial charge in [0.05, 0.1) is 12.7 Å². The van der Waals surface area contributed by atoms with Crippen LogP contribution in [-0.2, 0) is 22.4 Å². The molecule has 1 amide bonds. The van der Waals surface area contributed by atoms with E-state index < -0.39 is 0 Å². The van der Waals surface area contributed by atoms with Crippen molar-refractivity contribution in [3.8, 4) is 0 Å². The normalized spacial score (nSPS) is 25.5. The number of likely N-dealkylation sites (N-methyl/N-ethyl adjacent to an activating group) is 1. The highest BCUT2D eigenvalue weighted by Gasteiger charge is 2.31. The molecule has 1 N–H and O–H groups in total. The third-order valence-corrected chi connectivity index (χ3v) is 4.58. The Morgan fingerprint density at radius 2 is 2.19 bits per heavy atom. The molecule has 0 bridgehead atoms. The minimum Gasteiger partial charge on any atom is -0.373 e. The number of amides is 1. The second-order valence-corrected chi connectivity index (χ2v) is 6.04. The Labute approximate surface area is 126 Å². The van der Waals surface area contributed by atoms with Crippen LogP contribution in [0.4, 0.5) is 0 Å². The van der Waals surface area contributed by atoms with Crippen LogP contribution in [0, 0.1) is 5.92 Å². The van der Waals surface area contributed by atoms with E-state index >= 15 is 0 Å². The minimum atomic E-state index is 0.128. The molecule has 0 radical (unpaired) electrons. The van der Waals surface area contributed by atoms with Crippen molar-refractivity contribution >= 4 is 5.91 Å². The van der Waals surface area contributed by atoms with Gasteiger partial charge in [0, 0.05) is 25.6 Å². The first kappa shape index (κ1) is 14.5. The van der Waals surface area contributed by atoms with Gasteiger partial charge in [0.15, 0.2) is 0 Å². The number of nitrogens with zero attached hydrogens (tertiary/aromatic N) is 1. The number of ether oxygens (including phenoxy) is 1. The summed E-state index contributed by atoms with van der Waals surface area (Å²) < 4.78 is 5.69. The van der Waals surface area contributed by atoms with Crippen LogP contribution in [0.2, 0.25) is 0 Å². The lowest BCUT2D eigenvalue weighted by Crippen LogP contribution is -2.50. The fourth-order valence-electron chi connectivity index (χ4n) is 3.44. The average Bonchev–Trinajstić information content (AvgIpc) is 2.54. The Hall–Kier alpha value is -1.39. The van der Waals surface area contributed by atoms with Gasteiger partial charge in [-0.25, -0.2) is 0 Å². The van der Waals surface area contributed by atoms with Crippen LogP contribution in [0.25, 0.3) is 0 Å². The number of benzene rings is 1. The number of rotatable bonds is 3. The van der Waals surface area contributed by atoms with Gasteiger partial charge in [-0.15, -0.1) is 0 Å². The predicted octanol–water partition coefficient (Wildman–Crippen LogP) is 1.24. The van der Waals surface area contributed by atoms with E-state index in [4.69, 9.17) is 4.74 Å². The molecule has 114 valence electrons. The largest absolute Gasteiger partial charge is 0.373 e. The molecule has 0 aromatic heterocycles. The summed E-state index contributed by atoms with van der Waals surface area (Å²) in [5.41, 5.74) is 2.76. The zero-order valence-corrected chi connectivity index (χ0v) is 12.7. The van der Waals surface area contributed by atoms with Gasteiger partial charge in [0.1, 0.15) is 0 Å². The molecule has 1 aliphatic heterocycles. The lowest BCUT2D eigenvalue weighted by molar-refractivity contribution is -0.143. The van der Waals surface area contributed by atoms with E-state index in [1.807, 2.05) is 11.9 Å². The molecule has 3 rings (SSSR count). The van der Waals surface area contributed by atoms with Crippen LogP contribution < -0.4 is 5.32 Å². The predicted molar refractivity (Wildman–Crippen MR) is 82.2 cm³/mol. The van der Waals surface area contributed by atoms with Crippen LogP contribution in [-0.4, -0.2) is 50.2 Å². The minimum absolute atomic E-state index is 0.128. The number of carbonyl (C=O) groups is 1. The molecule has 1 heterocycles. The van der Waals surface area contributed by atoms with Crippen molar-refractivity contribution < 1.29 is 9.53 Å². The number of fused-ring (bicyclic) bond motifs is 1. The van der Waals surface area contributed by atoms with Gasteiger partial charge in [-0.2, -0.15) is 0 Å². The molecule has 1 fully saturated rings. The van der Waals surface area contributed by atoms with Crippen LogP contribution in [0.3, 0.4) is 0 Å². The van der Waals surface area contributed by atoms with Crippen molar-refractivity contribution in [2.24, 2.45) is 5.92 Å². The van der Waals surface area contributed by atoms with Gasteiger partial charge in [0.25, 0.3) is 0 Å². The molecule has 21 heavy (non-hydrogen) atoms. The van der Waals surface area contributed by atoms with E-state index in [-0.39, 0.29) is 12.0 Å². The van der Waals surface area contributed by atoms with E-state index in [2.05, 4.69) is 29.6 Å². The molecule has 1 aliphatic carbocycles. The van der Waals surface area contributed by atoms with Gasteiger partial charge < -0.3 is 15.0 Å². The number of morpholine rings is 1. The molecule has 4 nitrogen and oxygen atoms in total. The number of nitrogens with one attached hydrogen (secondary N) is 1. The van der Waals surface area contributed by atoms with Crippen LogP contribution in [0.15, 0.2) is 24.3 Å². The van der Waals surface area contributed by atoms with Crippen LogP contribution in [0.1, 0.15) is 17.5 Å². The summed E-state index contributed by atoms with van der Waals surface area (Å²) in [4.78, 5) is 14.8. The molecule has 0 saturated carbocycles. The number of hydrogen-bond donors (Lipinski definition) is 1. The lowest BCUT2D eigenvalue weighted by Gasteiger charge is -2.36. The summed E-state index contributed by atoms with van der Waals surface area (Å²) in [6.45, 7) is 2.91. The topological polar surface area (TPSA) is 41.6 Å². The summed E-state index contributed by atoms with van der Waals surface area (Å²) in [5, 5.41) is 3.13. The summed E-state index contributed by atoms with van der Waals surface area (Å²) in [6, 6.07) is 8.51. The Bertz CT molecular complexity index is 501. The molecule has 4 heteroatoms. The molecule has 2 aliphatic rings. The van der Waals surface area contributed by atoms with Crippen LogP contribution in [0.5, 0.6) is 0 Å². The second-order valence-electron chi connectivity index (χ2n) is 6.04. The number of aryl methyl sites for hydroxylation is 1. The highest BCUT2D eigenvalue weighted by atomic mass is 16.5. The van der Waals surface area contributed by atoms with E-state index in [0.717, 1.165) is 38.9 Å². The fraction of sp³-hybridized carbons (Fsp3) is 0.588. The van der Waals surface area contributed by atoms with E-state index in [1.165, 1.54) is 11.1 Å². The van der Waals surface area contributed by atoms with Gasteiger partial charge in [-0.1, -0.05) is 24.3 Å². The quantitative estimate of drug-likeness (QED) is 0.910. The van der Waals surface area contributed by atoms with Crippen molar-refractivity contribution in [2.45, 2.75) is 25.4 Å². The van der Waals surface area contributed by atoms with Crippen molar-refractivity contribution in [2.75, 3.05) is 33.3 Å².